The third-order valence-corrected chi connectivity index (χ3v) is 4.41. The molecule has 2 amide bonds. The van der Waals surface area contributed by atoms with Crippen LogP contribution in [0.25, 0.3) is 0 Å². The van der Waals surface area contributed by atoms with Gasteiger partial charge in [0.25, 0.3) is 0 Å². The highest BCUT2D eigenvalue weighted by atomic mass is 16.5. The summed E-state index contributed by atoms with van der Waals surface area (Å²) in [6.45, 7) is 3.56. The molecule has 122 valence electrons. The number of nitrogens with one attached hydrogen (secondary N) is 2. The summed E-state index contributed by atoms with van der Waals surface area (Å²) in [7, 11) is 1.61. The first kappa shape index (κ1) is 15.4. The van der Waals surface area contributed by atoms with Crippen molar-refractivity contribution < 1.29 is 9.53 Å². The van der Waals surface area contributed by atoms with E-state index in [9.17, 15) is 4.79 Å². The summed E-state index contributed by atoms with van der Waals surface area (Å²) < 4.78 is 5.17. The molecule has 6 heteroatoms. The molecule has 0 unspecified atom stereocenters. The lowest BCUT2D eigenvalue weighted by atomic mass is 9.90. The fourth-order valence-electron chi connectivity index (χ4n) is 3.07. The average molecular weight is 314 g/mol. The molecule has 0 radical (unpaired) electrons. The number of urea groups is 1. The normalized spacial score (nSPS) is 15.5. The molecule has 6 nitrogen and oxygen atoms in total. The second-order valence-corrected chi connectivity index (χ2v) is 5.87. The number of benzene rings is 1. The molecule has 0 atom stereocenters. The number of rotatable bonds is 3. The molecular formula is C17H22N4O2. The van der Waals surface area contributed by atoms with Crippen LogP contribution in [0.3, 0.4) is 0 Å². The molecule has 0 aliphatic carbocycles. The number of carbonyl (C=O) groups is 1. The van der Waals surface area contributed by atoms with Crippen molar-refractivity contribution in [3.8, 4) is 5.75 Å². The second kappa shape index (κ2) is 6.73. The number of likely N-dealkylation sites (tertiary alicyclic amines) is 1. The Bertz CT molecular complexity index is 675. The standard InChI is InChI=1S/C17H22N4O2/c1-12-16(11-18-20-12)13-6-8-21(9-7-13)17(22)19-14-4-3-5-15(10-14)23-2/h3-5,10-11,13H,6-9H2,1-2H3,(H,18,20)(H,19,22). The van der Waals surface area contributed by atoms with E-state index in [2.05, 4.69) is 15.5 Å². The van der Waals surface area contributed by atoms with Crippen molar-refractivity contribution in [3.05, 3.63) is 41.7 Å². The first-order valence-corrected chi connectivity index (χ1v) is 7.87. The molecule has 0 bridgehead atoms. The van der Waals surface area contributed by atoms with Gasteiger partial charge in [0.15, 0.2) is 0 Å². The summed E-state index contributed by atoms with van der Waals surface area (Å²) in [5, 5.41) is 10.0. The summed E-state index contributed by atoms with van der Waals surface area (Å²) in [4.78, 5) is 14.2. The Morgan fingerprint density at radius 2 is 2.17 bits per heavy atom. The zero-order valence-corrected chi connectivity index (χ0v) is 13.5. The number of piperidine rings is 1. The SMILES string of the molecule is COc1cccc(NC(=O)N2CCC(c3cn[nH]c3C)CC2)c1. The summed E-state index contributed by atoms with van der Waals surface area (Å²) >= 11 is 0. The number of hydrogen-bond donors (Lipinski definition) is 2. The molecule has 1 aromatic heterocycles. The van der Waals surface area contributed by atoms with E-state index in [4.69, 9.17) is 4.74 Å². The number of H-pyrrole nitrogens is 1. The molecule has 2 N–H and O–H groups in total. The predicted molar refractivity (Wildman–Crippen MR) is 88.9 cm³/mol. The highest BCUT2D eigenvalue weighted by Gasteiger charge is 2.25. The number of aromatic nitrogens is 2. The Hall–Kier alpha value is -2.50. The molecule has 1 saturated heterocycles. The number of ether oxygens (including phenoxy) is 1. The minimum atomic E-state index is -0.0550. The van der Waals surface area contributed by atoms with Crippen LogP contribution in [-0.4, -0.2) is 41.3 Å². The molecule has 0 spiro atoms. The van der Waals surface area contributed by atoms with Gasteiger partial charge in [0.05, 0.1) is 13.3 Å². The summed E-state index contributed by atoms with van der Waals surface area (Å²) in [5.74, 6) is 1.21. The highest BCUT2D eigenvalue weighted by molar-refractivity contribution is 5.89. The van der Waals surface area contributed by atoms with Crippen LogP contribution in [0.5, 0.6) is 5.75 Å². The van der Waals surface area contributed by atoms with Crippen molar-refractivity contribution in [2.75, 3.05) is 25.5 Å². The Balaban J connectivity index is 1.57. The van der Waals surface area contributed by atoms with Crippen LogP contribution >= 0.6 is 0 Å². The number of aromatic amines is 1. The van der Waals surface area contributed by atoms with E-state index in [1.165, 1.54) is 5.56 Å². The van der Waals surface area contributed by atoms with Crippen molar-refractivity contribution in [2.45, 2.75) is 25.7 Å². The summed E-state index contributed by atoms with van der Waals surface area (Å²) in [6, 6.07) is 7.35. The van der Waals surface area contributed by atoms with Gasteiger partial charge < -0.3 is 15.0 Å². The van der Waals surface area contributed by atoms with Crippen LogP contribution in [-0.2, 0) is 0 Å². The van der Waals surface area contributed by atoms with Crippen molar-refractivity contribution in [1.29, 1.82) is 0 Å². The molecule has 3 rings (SSSR count). The van der Waals surface area contributed by atoms with Crippen LogP contribution in [0.1, 0.15) is 30.0 Å². The van der Waals surface area contributed by atoms with Gasteiger partial charge in [0.2, 0.25) is 0 Å². The fraction of sp³-hybridized carbons (Fsp3) is 0.412. The lowest BCUT2D eigenvalue weighted by Crippen LogP contribution is -2.40. The van der Waals surface area contributed by atoms with Crippen molar-refractivity contribution >= 4 is 11.7 Å². The van der Waals surface area contributed by atoms with E-state index in [1.54, 1.807) is 7.11 Å². The Morgan fingerprint density at radius 3 is 2.83 bits per heavy atom. The van der Waals surface area contributed by atoms with E-state index in [0.29, 0.717) is 5.92 Å². The van der Waals surface area contributed by atoms with E-state index < -0.39 is 0 Å². The van der Waals surface area contributed by atoms with E-state index >= 15 is 0 Å². The quantitative estimate of drug-likeness (QED) is 0.914. The van der Waals surface area contributed by atoms with Crippen LogP contribution in [0.15, 0.2) is 30.5 Å². The lowest BCUT2D eigenvalue weighted by Gasteiger charge is -2.32. The first-order chi connectivity index (χ1) is 11.2. The molecule has 0 saturated carbocycles. The third kappa shape index (κ3) is 3.47. The summed E-state index contributed by atoms with van der Waals surface area (Å²) in [6.07, 6.45) is 3.84. The van der Waals surface area contributed by atoms with Gasteiger partial charge in [-0.2, -0.15) is 5.10 Å². The fourth-order valence-corrected chi connectivity index (χ4v) is 3.07. The topological polar surface area (TPSA) is 70.2 Å². The minimum Gasteiger partial charge on any atom is -0.497 e. The number of aryl methyl sites for hydroxylation is 1. The molecule has 1 aliphatic rings. The van der Waals surface area contributed by atoms with Gasteiger partial charge in [-0.3, -0.25) is 5.10 Å². The van der Waals surface area contributed by atoms with Gasteiger partial charge in [-0.05, 0) is 43.4 Å². The van der Waals surface area contributed by atoms with Crippen molar-refractivity contribution in [3.63, 3.8) is 0 Å². The maximum absolute atomic E-state index is 12.4. The Labute approximate surface area is 135 Å². The third-order valence-electron chi connectivity index (χ3n) is 4.41. The molecule has 2 heterocycles. The Morgan fingerprint density at radius 1 is 1.39 bits per heavy atom. The van der Waals surface area contributed by atoms with Gasteiger partial charge in [0, 0.05) is 30.5 Å². The number of amides is 2. The van der Waals surface area contributed by atoms with Gasteiger partial charge in [0.1, 0.15) is 5.75 Å². The number of hydrogen-bond acceptors (Lipinski definition) is 3. The average Bonchev–Trinajstić information content (AvgIpc) is 3.01. The number of anilines is 1. The number of nitrogens with zero attached hydrogens (tertiary/aromatic N) is 2. The van der Waals surface area contributed by atoms with E-state index in [1.807, 2.05) is 42.3 Å². The van der Waals surface area contributed by atoms with Gasteiger partial charge in [-0.15, -0.1) is 0 Å². The van der Waals surface area contributed by atoms with Crippen molar-refractivity contribution in [2.24, 2.45) is 0 Å². The van der Waals surface area contributed by atoms with Crippen LogP contribution < -0.4 is 10.1 Å². The first-order valence-electron chi connectivity index (χ1n) is 7.87. The van der Waals surface area contributed by atoms with Crippen molar-refractivity contribution in [1.82, 2.24) is 15.1 Å². The molecule has 1 aromatic carbocycles. The molecule has 23 heavy (non-hydrogen) atoms. The number of methoxy groups -OCH3 is 1. The van der Waals surface area contributed by atoms with E-state index in [0.717, 1.165) is 43.1 Å². The Kier molecular flexibility index (Phi) is 4.50. The summed E-state index contributed by atoms with van der Waals surface area (Å²) in [5.41, 5.74) is 3.16. The van der Waals surface area contributed by atoms with Crippen LogP contribution in [0.4, 0.5) is 10.5 Å². The minimum absolute atomic E-state index is 0.0550. The van der Waals surface area contributed by atoms with E-state index in [-0.39, 0.29) is 6.03 Å². The lowest BCUT2D eigenvalue weighted by molar-refractivity contribution is 0.194. The maximum Gasteiger partial charge on any atom is 0.321 e. The van der Waals surface area contributed by atoms with Crippen LogP contribution in [0, 0.1) is 6.92 Å². The molecule has 1 fully saturated rings. The zero-order valence-electron chi connectivity index (χ0n) is 13.5. The monoisotopic (exact) mass is 314 g/mol. The molecule has 2 aromatic rings. The molecule has 1 aliphatic heterocycles. The maximum atomic E-state index is 12.4. The molecular weight excluding hydrogens is 292 g/mol. The predicted octanol–water partition coefficient (Wildman–Crippen LogP) is 3.14. The second-order valence-electron chi connectivity index (χ2n) is 5.87. The largest absolute Gasteiger partial charge is 0.497 e. The smallest absolute Gasteiger partial charge is 0.321 e. The zero-order chi connectivity index (χ0) is 16.2. The van der Waals surface area contributed by atoms with Gasteiger partial charge >= 0.3 is 6.03 Å². The van der Waals surface area contributed by atoms with Crippen LogP contribution in [0.2, 0.25) is 0 Å². The number of carbonyl (C=O) groups excluding carboxylic acids is 1. The van der Waals surface area contributed by atoms with Gasteiger partial charge in [-0.25, -0.2) is 4.79 Å². The highest BCUT2D eigenvalue weighted by Crippen LogP contribution is 2.29. The van der Waals surface area contributed by atoms with Gasteiger partial charge in [-0.1, -0.05) is 6.07 Å².